The molecule has 8 atom stereocenters. The second-order valence-corrected chi connectivity index (χ2v) is 38.0. The van der Waals surface area contributed by atoms with Gasteiger partial charge in [0.05, 0.1) is 19.6 Å². The summed E-state index contributed by atoms with van der Waals surface area (Å²) in [5.41, 5.74) is 33.6. The van der Waals surface area contributed by atoms with Crippen molar-refractivity contribution in [3.63, 3.8) is 0 Å². The minimum absolute atomic E-state index is 0.00136. The molecule has 0 saturated heterocycles. The normalized spacial score (nSPS) is 20.3. The lowest BCUT2D eigenvalue weighted by Gasteiger charge is -2.26. The Morgan fingerprint density at radius 2 is 0.615 bits per heavy atom. The molecule has 0 saturated carbocycles. The highest BCUT2D eigenvalue weighted by atomic mass is 35.5. The van der Waals surface area contributed by atoms with Crippen molar-refractivity contribution < 1.29 is 0 Å². The van der Waals surface area contributed by atoms with E-state index in [0.29, 0.717) is 111 Å². The van der Waals surface area contributed by atoms with Crippen LogP contribution in [0.2, 0.25) is 30.1 Å². The highest BCUT2D eigenvalue weighted by molar-refractivity contribution is 6.32. The molecule has 8 aliphatic rings. The van der Waals surface area contributed by atoms with E-state index < -0.39 is 0 Å². The predicted octanol–water partition coefficient (Wildman–Crippen LogP) is 12.2. The largest absolute Gasteiger partial charge is 0.370 e. The van der Waals surface area contributed by atoms with Gasteiger partial charge in [-0.15, -0.1) is 0 Å². The van der Waals surface area contributed by atoms with Gasteiger partial charge in [0, 0.05) is 93.4 Å². The molecule has 792 valence electrons. The summed E-state index contributed by atoms with van der Waals surface area (Å²) in [6, 6.07) is 63.6. The van der Waals surface area contributed by atoms with Gasteiger partial charge in [-0.05, 0) is 259 Å². The van der Waals surface area contributed by atoms with Gasteiger partial charge in [-0.1, -0.05) is 179 Å². The van der Waals surface area contributed by atoms with E-state index in [0.717, 1.165) is 125 Å². The van der Waals surface area contributed by atoms with Crippen molar-refractivity contribution in [3.05, 3.63) is 269 Å². The molecule has 8 aliphatic heterocycles. The first-order valence-corrected chi connectivity index (χ1v) is 50.9. The Morgan fingerprint density at radius 1 is 0.304 bits per heavy atom. The summed E-state index contributed by atoms with van der Waals surface area (Å²) in [6.07, 6.45) is 2.16. The Labute approximate surface area is 898 Å². The molecular formula is C102H142Cl6N40. The van der Waals surface area contributed by atoms with Gasteiger partial charge in [0.1, 0.15) is 49.3 Å². The number of aryl methyl sites for hydroxylation is 2. The lowest BCUT2D eigenvalue weighted by Crippen LogP contribution is -2.55. The average Bonchev–Trinajstić information content (AvgIpc) is 0.860. The van der Waals surface area contributed by atoms with Crippen LogP contribution in [0.1, 0.15) is 141 Å². The molecule has 8 unspecified atom stereocenters. The fourth-order valence-electron chi connectivity index (χ4n) is 13.7. The number of aliphatic imine (C=N–C) groups is 16. The van der Waals surface area contributed by atoms with Crippen molar-refractivity contribution in [3.8, 4) is 0 Å². The molecule has 0 bridgehead atoms. The molecule has 0 radical (unpaired) electrons. The van der Waals surface area contributed by atoms with Crippen molar-refractivity contribution in [2.75, 3.05) is 44.4 Å². The maximum absolute atomic E-state index is 6.11. The van der Waals surface area contributed by atoms with Crippen LogP contribution in [0.3, 0.4) is 0 Å². The molecule has 27 N–H and O–H groups in total. The maximum atomic E-state index is 6.11. The van der Waals surface area contributed by atoms with Gasteiger partial charge in [0.15, 0.2) is 77.5 Å². The van der Waals surface area contributed by atoms with E-state index in [2.05, 4.69) is 241 Å². The summed E-state index contributed by atoms with van der Waals surface area (Å²) in [6.45, 7) is 35.8. The molecule has 0 spiro atoms. The molecule has 0 amide bonds. The zero-order valence-electron chi connectivity index (χ0n) is 86.9. The van der Waals surface area contributed by atoms with Gasteiger partial charge >= 0.3 is 0 Å². The van der Waals surface area contributed by atoms with Crippen molar-refractivity contribution in [2.24, 2.45) is 103 Å². The van der Waals surface area contributed by atoms with Crippen LogP contribution in [0.25, 0.3) is 0 Å². The van der Waals surface area contributed by atoms with E-state index in [1.807, 2.05) is 263 Å². The van der Waals surface area contributed by atoms with Gasteiger partial charge in [0.2, 0.25) is 17.9 Å². The third-order valence-corrected chi connectivity index (χ3v) is 22.0. The van der Waals surface area contributed by atoms with Gasteiger partial charge in [0.25, 0.3) is 0 Å². The van der Waals surface area contributed by atoms with E-state index in [9.17, 15) is 0 Å². The summed E-state index contributed by atoms with van der Waals surface area (Å²) >= 11 is 35.5. The molecule has 0 fully saturated rings. The maximum Gasteiger partial charge on any atom is 0.204 e. The van der Waals surface area contributed by atoms with E-state index >= 15 is 0 Å². The number of anilines is 2. The zero-order chi connectivity index (χ0) is 107. The highest BCUT2D eigenvalue weighted by Gasteiger charge is 2.23. The Bertz CT molecular complexity index is 6090. The van der Waals surface area contributed by atoms with Gasteiger partial charge < -0.3 is 86.3 Å². The monoisotopic (exact) mass is 2140 g/mol. The van der Waals surface area contributed by atoms with Crippen molar-refractivity contribution >= 4 is 176 Å². The van der Waals surface area contributed by atoms with Gasteiger partial charge in [-0.25, -0.2) is 64.9 Å². The average molecular weight is 2140 g/mol. The van der Waals surface area contributed by atoms with Gasteiger partial charge in [-0.3, -0.25) is 57.5 Å². The fraction of sp³-hybridized carbons (Fsp3) is 0.373. The quantitative estimate of drug-likeness (QED) is 0.0337. The smallest absolute Gasteiger partial charge is 0.204 e. The Kier molecular flexibility index (Phi) is 48.3. The number of halogens is 6. The Hall–Kier alpha value is -14.6. The zero-order valence-corrected chi connectivity index (χ0v) is 91.4. The SMILES string of the molecule is CC(C)NC1=NC(C)NC(=NCCc2ccc(Cl)cc2)N1.CC(C)NC1=NC(C)NC(=NCc2ccc(Cl)cc2)N1.CC1N=C(N(C)C)NC(=NCc2ccccc2Cl)N1.CC1N=C(N)NC(=NCCc2ccc(Cl)cc2)N1.CC1N=C(N)NC(=NCCc2ccccc2Cl)N1.CC1N=C(N)NC(=NCc2ccc(Cl)cc2)N1.Cc1cccc(NC2=NC(C)N=C(N)N2)c1.Cc1cccc(NC2=NC(C)N=C(NC(C)C)N2)c1. The summed E-state index contributed by atoms with van der Waals surface area (Å²) in [4.78, 5) is 71.3. The van der Waals surface area contributed by atoms with Crippen LogP contribution >= 0.6 is 69.6 Å². The fourth-order valence-corrected chi connectivity index (χ4v) is 14.6. The van der Waals surface area contributed by atoms with Crippen molar-refractivity contribution in [1.82, 2.24) is 95.3 Å². The molecular weight excluding hydrogens is 2000 g/mol. The van der Waals surface area contributed by atoms with E-state index in [-0.39, 0.29) is 49.3 Å². The number of benzene rings is 8. The second kappa shape index (κ2) is 61.1. The van der Waals surface area contributed by atoms with E-state index in [1.54, 1.807) is 0 Å². The molecule has 16 rings (SSSR count). The first kappa shape index (κ1) is 117. The summed E-state index contributed by atoms with van der Waals surface area (Å²) in [7, 11) is 3.88. The first-order chi connectivity index (χ1) is 70.7. The molecule has 0 aromatic heterocycles. The molecule has 8 heterocycles. The van der Waals surface area contributed by atoms with E-state index in [1.165, 1.54) is 22.3 Å². The number of guanidine groups is 16. The number of nitrogens with zero attached hydrogens (tertiary/aromatic N) is 17. The lowest BCUT2D eigenvalue weighted by molar-refractivity contribution is 0.559. The van der Waals surface area contributed by atoms with E-state index in [4.69, 9.17) is 92.5 Å². The third kappa shape index (κ3) is 46.0. The Morgan fingerprint density at radius 3 is 0.993 bits per heavy atom. The van der Waals surface area contributed by atoms with Crippen LogP contribution in [0.4, 0.5) is 11.4 Å². The number of hydrogen-bond acceptors (Lipinski definition) is 28. The summed E-state index contributed by atoms with van der Waals surface area (Å²) in [5, 5.41) is 63.6. The van der Waals surface area contributed by atoms with Crippen molar-refractivity contribution in [2.45, 2.75) is 217 Å². The number of nitrogens with two attached hydrogens (primary N) is 4. The van der Waals surface area contributed by atoms with Crippen LogP contribution in [-0.2, 0) is 38.9 Å². The molecule has 0 aliphatic carbocycles. The van der Waals surface area contributed by atoms with Crippen LogP contribution in [0.5, 0.6) is 0 Å². The topological polar surface area (TPSA) is 534 Å². The first-order valence-electron chi connectivity index (χ1n) is 48.6. The van der Waals surface area contributed by atoms with Crippen LogP contribution < -0.4 is 124 Å². The highest BCUT2D eigenvalue weighted by Crippen LogP contribution is 2.21. The minimum Gasteiger partial charge on any atom is -0.370 e. The third-order valence-electron chi connectivity index (χ3n) is 20.3. The molecule has 8 aromatic carbocycles. The number of nitrogens with one attached hydrogen (secondary N) is 19. The van der Waals surface area contributed by atoms with Crippen LogP contribution in [0.15, 0.2) is 274 Å². The second-order valence-electron chi connectivity index (χ2n) is 35.5. The molecule has 40 nitrogen and oxygen atoms in total. The Balaban J connectivity index is 0.000000188. The van der Waals surface area contributed by atoms with Crippen molar-refractivity contribution in [1.29, 1.82) is 0 Å². The van der Waals surface area contributed by atoms with Gasteiger partial charge in [-0.2, -0.15) is 0 Å². The van der Waals surface area contributed by atoms with Crippen LogP contribution in [0, 0.1) is 13.8 Å². The number of rotatable bonds is 20. The molecule has 8 aromatic rings. The molecule has 148 heavy (non-hydrogen) atoms. The number of hydrogen-bond donors (Lipinski definition) is 23. The standard InChI is InChI=1S/C15H22ClN5.C14H20ClN5.C14H21N5.C13H18ClN5.2C12H16ClN5.C11H14ClN5.C11H15N5/c1-10(2)18-15-20-11(3)19-14(21-15)17-9-8-12-4-6-13(16)7-5-12;1-9(2)17-14-19-10(3)18-13(20-14)16-8-11-4-6-12(15)7-5-11;1-9(2)15-13-16-11(4)17-14(19-13)18-12-7-5-6-10(3)8-12;1-9-16-12(18-13(17-9)19(2)3)15-8-10-6-4-5-7-11(10)14;1-8-16-11(14)18-12(17-8)15-7-6-9-2-4-10(13)5-3-9;1-8-16-11(14)18-12(17-8)15-7-6-9-4-2-3-5-10(9)13;1-7-15-10(13)17-11(16-7)14-6-8-2-4-9(12)5-3-8;1-7-4-3-5-9(6-7)15-11-14-8(2)13-10(12)16-11/h4-7,10-11H,8-9H2,1-3H3,(H3,17,18,19,20,21);4-7,9-10H,8H2,1-3H3,(H3,16,17,18,19,20);5-9,11H,1-4H3,(H3,15,16,17,18,19);4-7,9H,8H2,1-3H3,(H2,15,16,17,18);2*2-5,8H,6-7H2,1H3,(H4,14,15,16,17,18);2-5,7H,6H2,1H3,(H4,13,14,15,16,17);3-6,8H,1-2H3,(H4,12,13,14,15,16). The summed E-state index contributed by atoms with van der Waals surface area (Å²) in [5.74, 6) is 10.1. The van der Waals surface area contributed by atoms with Crippen LogP contribution in [-0.4, -0.2) is 201 Å². The lowest BCUT2D eigenvalue weighted by atomic mass is 10.1. The predicted molar refractivity (Wildman–Crippen MR) is 619 cm³/mol. The summed E-state index contributed by atoms with van der Waals surface area (Å²) < 4.78 is 0. The minimum atomic E-state index is -0.145. The molecule has 46 heteroatoms.